The molecule has 70 valence electrons. The molecule has 0 heterocycles. The summed E-state index contributed by atoms with van der Waals surface area (Å²) in [6, 6.07) is 0. The second kappa shape index (κ2) is 3.89. The van der Waals surface area contributed by atoms with E-state index in [9.17, 15) is 14.7 Å². The highest BCUT2D eigenvalue weighted by molar-refractivity contribution is 9.10. The summed E-state index contributed by atoms with van der Waals surface area (Å²) in [6.07, 6.45) is 0. The van der Waals surface area contributed by atoms with Crippen molar-refractivity contribution in [1.29, 1.82) is 0 Å². The van der Waals surface area contributed by atoms with Crippen molar-refractivity contribution in [2.75, 3.05) is 7.11 Å². The average Bonchev–Trinajstić information content (AvgIpc) is 2.01. The van der Waals surface area contributed by atoms with Crippen molar-refractivity contribution in [2.24, 2.45) is 5.92 Å². The van der Waals surface area contributed by atoms with Gasteiger partial charge in [-0.15, -0.1) is 0 Å². The first-order chi connectivity index (χ1) is 5.34. The number of rotatable bonds is 3. The summed E-state index contributed by atoms with van der Waals surface area (Å²) in [5.41, 5.74) is 0. The predicted molar refractivity (Wildman–Crippen MR) is 43.5 cm³/mol. The van der Waals surface area contributed by atoms with Gasteiger partial charge >= 0.3 is 5.97 Å². The molecule has 0 radical (unpaired) electrons. The summed E-state index contributed by atoms with van der Waals surface area (Å²) in [7, 11) is 1.21. The van der Waals surface area contributed by atoms with E-state index >= 15 is 0 Å². The lowest BCUT2D eigenvalue weighted by Gasteiger charge is -2.28. The molecule has 0 N–H and O–H groups in total. The minimum Gasteiger partial charge on any atom is -0.549 e. The normalized spacial score (nSPS) is 17.7. The molecule has 0 spiro atoms. The van der Waals surface area contributed by atoms with Crippen LogP contribution in [-0.4, -0.2) is 23.4 Å². The Morgan fingerprint density at radius 3 is 2.25 bits per heavy atom. The van der Waals surface area contributed by atoms with Crippen LogP contribution in [0.15, 0.2) is 0 Å². The van der Waals surface area contributed by atoms with Crippen LogP contribution in [0.3, 0.4) is 0 Å². The SMILES string of the molecule is COC(=O)C(C)C(C)(Br)C(=O)[O-]. The molecule has 0 aliphatic heterocycles. The lowest BCUT2D eigenvalue weighted by Crippen LogP contribution is -2.48. The van der Waals surface area contributed by atoms with E-state index in [1.54, 1.807) is 0 Å². The Hall–Kier alpha value is -0.580. The van der Waals surface area contributed by atoms with Crippen LogP contribution in [0.25, 0.3) is 0 Å². The first-order valence-electron chi connectivity index (χ1n) is 3.32. The van der Waals surface area contributed by atoms with Gasteiger partial charge in [-0.05, 0) is 6.92 Å². The van der Waals surface area contributed by atoms with Gasteiger partial charge in [0.15, 0.2) is 0 Å². The first-order valence-corrected chi connectivity index (χ1v) is 4.11. The van der Waals surface area contributed by atoms with Crippen LogP contribution in [0, 0.1) is 5.92 Å². The fraction of sp³-hybridized carbons (Fsp3) is 0.714. The van der Waals surface area contributed by atoms with Gasteiger partial charge in [0.05, 0.1) is 23.3 Å². The van der Waals surface area contributed by atoms with Gasteiger partial charge in [-0.25, -0.2) is 0 Å². The van der Waals surface area contributed by atoms with Crippen molar-refractivity contribution in [3.8, 4) is 0 Å². The monoisotopic (exact) mass is 237 g/mol. The van der Waals surface area contributed by atoms with Gasteiger partial charge in [-0.1, -0.05) is 22.9 Å². The average molecular weight is 238 g/mol. The van der Waals surface area contributed by atoms with Gasteiger partial charge < -0.3 is 14.6 Å². The highest BCUT2D eigenvalue weighted by Crippen LogP contribution is 2.27. The number of aliphatic carboxylic acids is 1. The van der Waals surface area contributed by atoms with Crippen molar-refractivity contribution in [1.82, 2.24) is 0 Å². The maximum Gasteiger partial charge on any atom is 0.310 e. The summed E-state index contributed by atoms with van der Waals surface area (Å²) < 4.78 is 3.01. The number of hydrogen-bond donors (Lipinski definition) is 0. The molecule has 0 aliphatic rings. The number of hydrogen-bond acceptors (Lipinski definition) is 4. The predicted octanol–water partition coefficient (Wildman–Crippen LogP) is -0.301. The number of carboxylic acids is 1. The third-order valence-corrected chi connectivity index (χ3v) is 2.78. The second-order valence-corrected chi connectivity index (χ2v) is 4.26. The van der Waals surface area contributed by atoms with Crippen molar-refractivity contribution >= 4 is 27.9 Å². The zero-order valence-electron chi connectivity index (χ0n) is 7.09. The Kier molecular flexibility index (Phi) is 3.70. The molecule has 0 aromatic heterocycles. The van der Waals surface area contributed by atoms with Crippen LogP contribution in [0.2, 0.25) is 0 Å². The molecule has 12 heavy (non-hydrogen) atoms. The van der Waals surface area contributed by atoms with Crippen molar-refractivity contribution in [2.45, 2.75) is 18.2 Å². The molecular formula is C7H10BrO4-. The van der Waals surface area contributed by atoms with Crippen molar-refractivity contribution < 1.29 is 19.4 Å². The maximum absolute atomic E-state index is 10.9. The molecule has 2 unspecified atom stereocenters. The molecule has 0 amide bonds. The fourth-order valence-electron chi connectivity index (χ4n) is 0.575. The van der Waals surface area contributed by atoms with E-state index in [1.807, 2.05) is 0 Å². The maximum atomic E-state index is 10.9. The topological polar surface area (TPSA) is 66.4 Å². The smallest absolute Gasteiger partial charge is 0.310 e. The van der Waals surface area contributed by atoms with Crippen LogP contribution >= 0.6 is 15.9 Å². The minimum absolute atomic E-state index is 0.585. The first kappa shape index (κ1) is 11.4. The molecular weight excluding hydrogens is 228 g/mol. The Balaban J connectivity index is 4.56. The van der Waals surface area contributed by atoms with Crippen LogP contribution in [0.5, 0.6) is 0 Å². The van der Waals surface area contributed by atoms with Crippen molar-refractivity contribution in [3.63, 3.8) is 0 Å². The number of alkyl halides is 1. The van der Waals surface area contributed by atoms with Gasteiger partial charge in [0.1, 0.15) is 0 Å². The van der Waals surface area contributed by atoms with Crippen LogP contribution in [0.4, 0.5) is 0 Å². The van der Waals surface area contributed by atoms with Gasteiger partial charge in [0, 0.05) is 0 Å². The highest BCUT2D eigenvalue weighted by Gasteiger charge is 2.35. The number of carbonyl (C=O) groups excluding carboxylic acids is 2. The Bertz CT molecular complexity index is 200. The summed E-state index contributed by atoms with van der Waals surface area (Å²) >= 11 is 2.89. The standard InChI is InChI=1S/C7H11BrO4/c1-4(5(9)12-3)7(2,8)6(10)11/h4H,1-3H3,(H,10,11)/p-1. The Labute approximate surface area is 79.0 Å². The molecule has 0 saturated heterocycles. The number of carboxylic acid groups (broad SMARTS) is 1. The van der Waals surface area contributed by atoms with E-state index in [0.29, 0.717) is 0 Å². The molecule has 0 saturated carbocycles. The largest absolute Gasteiger partial charge is 0.549 e. The molecule has 0 bridgehead atoms. The number of halogens is 1. The summed E-state index contributed by atoms with van der Waals surface area (Å²) in [4.78, 5) is 21.4. The lowest BCUT2D eigenvalue weighted by molar-refractivity contribution is -0.309. The van der Waals surface area contributed by atoms with Crippen LogP contribution < -0.4 is 5.11 Å². The summed E-state index contributed by atoms with van der Waals surface area (Å²) in [5.74, 6) is -2.70. The van der Waals surface area contributed by atoms with Gasteiger partial charge in [-0.2, -0.15) is 0 Å². The third-order valence-electron chi connectivity index (χ3n) is 1.77. The molecule has 0 rings (SSSR count). The zero-order valence-corrected chi connectivity index (χ0v) is 8.67. The molecule has 4 nitrogen and oxygen atoms in total. The third kappa shape index (κ3) is 2.20. The summed E-state index contributed by atoms with van der Waals surface area (Å²) in [6.45, 7) is 2.81. The van der Waals surface area contributed by atoms with E-state index in [4.69, 9.17) is 0 Å². The van der Waals surface area contributed by atoms with Gasteiger partial charge in [0.2, 0.25) is 0 Å². The molecule has 0 aliphatic carbocycles. The van der Waals surface area contributed by atoms with Gasteiger partial charge in [-0.3, -0.25) is 4.79 Å². The van der Waals surface area contributed by atoms with E-state index in [0.717, 1.165) is 0 Å². The van der Waals surface area contributed by atoms with E-state index in [2.05, 4.69) is 20.7 Å². The number of ether oxygens (including phenoxy) is 1. The molecule has 0 aromatic rings. The van der Waals surface area contributed by atoms with Gasteiger partial charge in [0.25, 0.3) is 0 Å². The fourth-order valence-corrected chi connectivity index (χ4v) is 0.762. The molecule has 5 heteroatoms. The number of methoxy groups -OCH3 is 1. The molecule has 0 aromatic carbocycles. The van der Waals surface area contributed by atoms with Crippen LogP contribution in [0.1, 0.15) is 13.8 Å². The quantitative estimate of drug-likeness (QED) is 0.500. The molecule has 2 atom stereocenters. The van der Waals surface area contributed by atoms with Crippen LogP contribution in [-0.2, 0) is 14.3 Å². The minimum atomic E-state index is -1.37. The second-order valence-electron chi connectivity index (χ2n) is 2.61. The molecule has 0 fully saturated rings. The van der Waals surface area contributed by atoms with Crippen molar-refractivity contribution in [3.05, 3.63) is 0 Å². The van der Waals surface area contributed by atoms with E-state index < -0.39 is 22.2 Å². The number of esters is 1. The van der Waals surface area contributed by atoms with E-state index in [-0.39, 0.29) is 0 Å². The Morgan fingerprint density at radius 1 is 1.58 bits per heavy atom. The highest BCUT2D eigenvalue weighted by atomic mass is 79.9. The Morgan fingerprint density at radius 2 is 2.00 bits per heavy atom. The lowest BCUT2D eigenvalue weighted by atomic mass is 9.96. The zero-order chi connectivity index (χ0) is 9.94. The summed E-state index contributed by atoms with van der Waals surface area (Å²) in [5, 5.41) is 10.5. The number of carbonyl (C=O) groups is 2. The van der Waals surface area contributed by atoms with E-state index in [1.165, 1.54) is 21.0 Å².